The van der Waals surface area contributed by atoms with Crippen LogP contribution in [0.4, 0.5) is 5.69 Å². The Morgan fingerprint density at radius 1 is 1.06 bits per heavy atom. The maximum Gasteiger partial charge on any atom is 0.264 e. The van der Waals surface area contributed by atoms with Gasteiger partial charge in [0.05, 0.1) is 17.7 Å². The van der Waals surface area contributed by atoms with Gasteiger partial charge in [-0.05, 0) is 56.9 Å². The number of hydrogen-bond acceptors (Lipinski definition) is 5. The Bertz CT molecular complexity index is 1020. The number of rotatable bonds is 7. The van der Waals surface area contributed by atoms with Gasteiger partial charge in [-0.3, -0.25) is 9.10 Å². The first kappa shape index (κ1) is 22.8. The SMILES string of the molecule is COc1cccc(N(CC(=O)NN=C2CCCCCC2)S(=O)(=O)c2ccc(C)cc2)c1. The zero-order chi connectivity index (χ0) is 22.3. The van der Waals surface area contributed by atoms with Crippen molar-refractivity contribution in [2.75, 3.05) is 18.0 Å². The summed E-state index contributed by atoms with van der Waals surface area (Å²) < 4.78 is 33.1. The predicted molar refractivity (Wildman–Crippen MR) is 122 cm³/mol. The van der Waals surface area contributed by atoms with Crippen LogP contribution in [0, 0.1) is 6.92 Å². The largest absolute Gasteiger partial charge is 0.497 e. The molecule has 1 N–H and O–H groups in total. The van der Waals surface area contributed by atoms with E-state index in [1.807, 2.05) is 6.92 Å². The Balaban J connectivity index is 1.87. The summed E-state index contributed by atoms with van der Waals surface area (Å²) in [5.74, 6) is 0.0102. The molecule has 1 aliphatic rings. The molecular weight excluding hydrogens is 414 g/mol. The monoisotopic (exact) mass is 443 g/mol. The second kappa shape index (κ2) is 10.4. The number of hydrazone groups is 1. The molecule has 3 rings (SSSR count). The highest BCUT2D eigenvalue weighted by Crippen LogP contribution is 2.27. The summed E-state index contributed by atoms with van der Waals surface area (Å²) in [7, 11) is -2.46. The summed E-state index contributed by atoms with van der Waals surface area (Å²) in [6, 6.07) is 13.2. The molecule has 31 heavy (non-hydrogen) atoms. The fourth-order valence-corrected chi connectivity index (χ4v) is 4.89. The van der Waals surface area contributed by atoms with Crippen molar-refractivity contribution in [1.29, 1.82) is 0 Å². The lowest BCUT2D eigenvalue weighted by Gasteiger charge is -2.24. The summed E-state index contributed by atoms with van der Waals surface area (Å²) in [6.07, 6.45) is 6.19. The quantitative estimate of drug-likeness (QED) is 0.517. The van der Waals surface area contributed by atoms with Crippen molar-refractivity contribution in [3.8, 4) is 5.75 Å². The van der Waals surface area contributed by atoms with Gasteiger partial charge in [0.1, 0.15) is 12.3 Å². The molecule has 0 spiro atoms. The molecule has 1 saturated carbocycles. The number of nitrogens with zero attached hydrogens (tertiary/aromatic N) is 2. The molecule has 166 valence electrons. The number of nitrogens with one attached hydrogen (secondary N) is 1. The number of sulfonamides is 1. The van der Waals surface area contributed by atoms with E-state index in [1.165, 1.54) is 20.0 Å². The van der Waals surface area contributed by atoms with E-state index in [0.29, 0.717) is 11.4 Å². The van der Waals surface area contributed by atoms with Crippen molar-refractivity contribution >= 4 is 27.3 Å². The van der Waals surface area contributed by atoms with Gasteiger partial charge in [0, 0.05) is 11.8 Å². The number of aryl methyl sites for hydroxylation is 1. The molecule has 7 nitrogen and oxygen atoms in total. The first-order chi connectivity index (χ1) is 14.9. The molecule has 2 aromatic carbocycles. The number of ether oxygens (including phenoxy) is 1. The van der Waals surface area contributed by atoms with Gasteiger partial charge in [0.2, 0.25) is 0 Å². The average molecular weight is 444 g/mol. The fraction of sp³-hybridized carbons (Fsp3) is 0.391. The van der Waals surface area contributed by atoms with Crippen LogP contribution in [0.3, 0.4) is 0 Å². The number of amides is 1. The van der Waals surface area contributed by atoms with E-state index in [2.05, 4.69) is 10.5 Å². The van der Waals surface area contributed by atoms with Crippen LogP contribution in [0.15, 0.2) is 58.5 Å². The summed E-state index contributed by atoms with van der Waals surface area (Å²) in [6.45, 7) is 1.50. The van der Waals surface area contributed by atoms with Gasteiger partial charge in [-0.1, -0.05) is 36.6 Å². The minimum atomic E-state index is -3.97. The molecule has 1 amide bonds. The summed E-state index contributed by atoms with van der Waals surface area (Å²) in [5, 5.41) is 4.26. The van der Waals surface area contributed by atoms with Gasteiger partial charge in [-0.2, -0.15) is 5.10 Å². The Morgan fingerprint density at radius 2 is 1.74 bits per heavy atom. The lowest BCUT2D eigenvalue weighted by atomic mass is 10.2. The molecule has 0 atom stereocenters. The number of anilines is 1. The molecule has 0 heterocycles. The number of carbonyl (C=O) groups excluding carboxylic acids is 1. The third-order valence-corrected chi connectivity index (χ3v) is 7.05. The first-order valence-corrected chi connectivity index (χ1v) is 11.9. The summed E-state index contributed by atoms with van der Waals surface area (Å²) in [5.41, 5.74) is 4.80. The molecule has 0 radical (unpaired) electrons. The average Bonchev–Trinajstić information content (AvgIpc) is 3.05. The van der Waals surface area contributed by atoms with Crippen LogP contribution in [-0.2, 0) is 14.8 Å². The maximum atomic E-state index is 13.4. The van der Waals surface area contributed by atoms with Crippen LogP contribution >= 0.6 is 0 Å². The van der Waals surface area contributed by atoms with Crippen LogP contribution in [0.25, 0.3) is 0 Å². The molecule has 2 aromatic rings. The Hall–Kier alpha value is -2.87. The number of hydrogen-bond donors (Lipinski definition) is 1. The standard InChI is InChI=1S/C23H29N3O4S/c1-18-12-14-22(15-13-18)31(28,29)26(20-10-7-11-21(16-20)30-2)17-23(27)25-24-19-8-5-3-4-6-9-19/h7,10-16H,3-6,8-9,17H2,1-2H3,(H,25,27). The second-order valence-electron chi connectivity index (χ2n) is 7.65. The van der Waals surface area contributed by atoms with Gasteiger partial charge in [0.25, 0.3) is 15.9 Å². The zero-order valence-corrected chi connectivity index (χ0v) is 18.8. The van der Waals surface area contributed by atoms with Crippen LogP contribution in [0.2, 0.25) is 0 Å². The normalized spacial score (nSPS) is 14.5. The van der Waals surface area contributed by atoms with E-state index in [0.717, 1.165) is 41.3 Å². The van der Waals surface area contributed by atoms with Crippen molar-refractivity contribution < 1.29 is 17.9 Å². The maximum absolute atomic E-state index is 13.4. The molecule has 0 aliphatic heterocycles. The highest BCUT2D eigenvalue weighted by atomic mass is 32.2. The first-order valence-electron chi connectivity index (χ1n) is 10.5. The molecular formula is C23H29N3O4S. The van der Waals surface area contributed by atoms with Crippen molar-refractivity contribution in [2.24, 2.45) is 5.10 Å². The number of benzene rings is 2. The van der Waals surface area contributed by atoms with Crippen molar-refractivity contribution in [3.05, 3.63) is 54.1 Å². The van der Waals surface area contributed by atoms with E-state index in [9.17, 15) is 13.2 Å². The molecule has 8 heteroatoms. The highest BCUT2D eigenvalue weighted by Gasteiger charge is 2.27. The van der Waals surface area contributed by atoms with Crippen LogP contribution < -0.4 is 14.5 Å². The lowest BCUT2D eigenvalue weighted by Crippen LogP contribution is -2.39. The van der Waals surface area contributed by atoms with Crippen LogP contribution in [-0.4, -0.2) is 33.7 Å². The van der Waals surface area contributed by atoms with Crippen molar-refractivity contribution in [3.63, 3.8) is 0 Å². The van der Waals surface area contributed by atoms with E-state index in [1.54, 1.807) is 48.5 Å². The van der Waals surface area contributed by atoms with E-state index >= 15 is 0 Å². The molecule has 1 aliphatic carbocycles. The van der Waals surface area contributed by atoms with Gasteiger partial charge < -0.3 is 4.74 Å². The Labute approximate surface area is 184 Å². The lowest BCUT2D eigenvalue weighted by molar-refractivity contribution is -0.119. The molecule has 0 aromatic heterocycles. The number of carbonyl (C=O) groups is 1. The van der Waals surface area contributed by atoms with Gasteiger partial charge >= 0.3 is 0 Å². The third kappa shape index (κ3) is 6.07. The minimum absolute atomic E-state index is 0.115. The fourth-order valence-electron chi connectivity index (χ4n) is 3.47. The van der Waals surface area contributed by atoms with Gasteiger partial charge in [-0.25, -0.2) is 13.8 Å². The molecule has 0 unspecified atom stereocenters. The smallest absolute Gasteiger partial charge is 0.264 e. The van der Waals surface area contributed by atoms with E-state index in [4.69, 9.17) is 4.74 Å². The Kier molecular flexibility index (Phi) is 7.68. The Morgan fingerprint density at radius 3 is 2.39 bits per heavy atom. The van der Waals surface area contributed by atoms with Crippen LogP contribution in [0.1, 0.15) is 44.1 Å². The van der Waals surface area contributed by atoms with Crippen molar-refractivity contribution in [2.45, 2.75) is 50.3 Å². The predicted octanol–water partition coefficient (Wildman–Crippen LogP) is 4.03. The van der Waals surface area contributed by atoms with Gasteiger partial charge in [-0.15, -0.1) is 0 Å². The highest BCUT2D eigenvalue weighted by molar-refractivity contribution is 7.92. The number of methoxy groups -OCH3 is 1. The molecule has 0 bridgehead atoms. The van der Waals surface area contributed by atoms with Gasteiger partial charge in [0.15, 0.2) is 0 Å². The second-order valence-corrected chi connectivity index (χ2v) is 9.52. The summed E-state index contributed by atoms with van der Waals surface area (Å²) >= 11 is 0. The molecule has 1 fully saturated rings. The minimum Gasteiger partial charge on any atom is -0.497 e. The molecule has 0 saturated heterocycles. The van der Waals surface area contributed by atoms with E-state index < -0.39 is 15.9 Å². The van der Waals surface area contributed by atoms with Crippen molar-refractivity contribution in [1.82, 2.24) is 5.43 Å². The topological polar surface area (TPSA) is 88.1 Å². The van der Waals surface area contributed by atoms with Crippen LogP contribution in [0.5, 0.6) is 5.75 Å². The summed E-state index contributed by atoms with van der Waals surface area (Å²) in [4.78, 5) is 12.8. The third-order valence-electron chi connectivity index (χ3n) is 5.26. The van der Waals surface area contributed by atoms with E-state index in [-0.39, 0.29) is 11.4 Å². The zero-order valence-electron chi connectivity index (χ0n) is 18.0.